The lowest BCUT2D eigenvalue weighted by Gasteiger charge is -2.22. The summed E-state index contributed by atoms with van der Waals surface area (Å²) in [5.74, 6) is 1.01. The van der Waals surface area contributed by atoms with Crippen molar-refractivity contribution in [1.82, 2.24) is 5.32 Å². The van der Waals surface area contributed by atoms with Gasteiger partial charge in [0.25, 0.3) is 0 Å². The monoisotopic (exact) mass is 313 g/mol. The van der Waals surface area contributed by atoms with E-state index in [1.54, 1.807) is 6.92 Å². The second-order valence-electron chi connectivity index (χ2n) is 6.25. The van der Waals surface area contributed by atoms with E-state index in [2.05, 4.69) is 26.1 Å². The number of nitrogens with one attached hydrogen (secondary N) is 1. The van der Waals surface area contributed by atoms with Crippen molar-refractivity contribution in [3.8, 4) is 5.75 Å². The van der Waals surface area contributed by atoms with E-state index in [0.717, 1.165) is 16.9 Å². The van der Waals surface area contributed by atoms with Crippen molar-refractivity contribution >= 4 is 9.84 Å². The van der Waals surface area contributed by atoms with Crippen LogP contribution >= 0.6 is 0 Å². The molecule has 0 bridgehead atoms. The van der Waals surface area contributed by atoms with Gasteiger partial charge in [0.05, 0.1) is 5.75 Å². The molecule has 0 aliphatic rings. The van der Waals surface area contributed by atoms with E-state index in [1.165, 1.54) is 0 Å². The molecule has 0 saturated heterocycles. The third-order valence-corrected chi connectivity index (χ3v) is 4.85. The molecule has 0 aliphatic carbocycles. The van der Waals surface area contributed by atoms with E-state index in [4.69, 9.17) is 4.74 Å². The average molecular weight is 313 g/mol. The first-order valence-electron chi connectivity index (χ1n) is 7.31. The lowest BCUT2D eigenvalue weighted by Crippen LogP contribution is -2.35. The standard InChI is InChI=1S/C16H27NO3S/c1-6-21(18,19)11-10-20-15-13(2)8-7-9-14(15)12-17-16(3,4)5/h7-9,17H,6,10-12H2,1-5H3. The quantitative estimate of drug-likeness (QED) is 0.841. The number of hydrogen-bond donors (Lipinski definition) is 1. The van der Waals surface area contributed by atoms with Gasteiger partial charge in [-0.2, -0.15) is 0 Å². The van der Waals surface area contributed by atoms with Crippen LogP contribution in [-0.2, 0) is 16.4 Å². The highest BCUT2D eigenvalue weighted by Gasteiger charge is 2.13. The van der Waals surface area contributed by atoms with Crippen molar-refractivity contribution in [2.75, 3.05) is 18.1 Å². The normalized spacial score (nSPS) is 12.4. The van der Waals surface area contributed by atoms with E-state index >= 15 is 0 Å². The Balaban J connectivity index is 2.76. The molecule has 1 aromatic carbocycles. The van der Waals surface area contributed by atoms with Gasteiger partial charge in [-0.1, -0.05) is 25.1 Å². The lowest BCUT2D eigenvalue weighted by molar-refractivity contribution is 0.330. The number of benzene rings is 1. The Labute approximate surface area is 128 Å². The van der Waals surface area contributed by atoms with Crippen molar-refractivity contribution in [2.45, 2.75) is 46.7 Å². The van der Waals surface area contributed by atoms with Gasteiger partial charge < -0.3 is 10.1 Å². The molecular formula is C16H27NO3S. The van der Waals surface area contributed by atoms with Gasteiger partial charge in [-0.05, 0) is 33.3 Å². The molecule has 0 saturated carbocycles. The van der Waals surface area contributed by atoms with Crippen LogP contribution < -0.4 is 10.1 Å². The van der Waals surface area contributed by atoms with Gasteiger partial charge in [0.15, 0.2) is 9.84 Å². The molecule has 0 heterocycles. The van der Waals surface area contributed by atoms with Gasteiger partial charge >= 0.3 is 0 Å². The first-order valence-corrected chi connectivity index (χ1v) is 9.13. The average Bonchev–Trinajstić information content (AvgIpc) is 2.38. The maximum Gasteiger partial charge on any atom is 0.153 e. The molecule has 0 unspecified atom stereocenters. The third kappa shape index (κ3) is 6.48. The van der Waals surface area contributed by atoms with Crippen LogP contribution in [0.25, 0.3) is 0 Å². The van der Waals surface area contributed by atoms with Crippen molar-refractivity contribution in [3.05, 3.63) is 29.3 Å². The summed E-state index contributed by atoms with van der Waals surface area (Å²) in [6, 6.07) is 5.98. The summed E-state index contributed by atoms with van der Waals surface area (Å²) in [5.41, 5.74) is 2.10. The number of hydrogen-bond acceptors (Lipinski definition) is 4. The molecule has 4 nitrogen and oxygen atoms in total. The van der Waals surface area contributed by atoms with Crippen LogP contribution in [0.15, 0.2) is 18.2 Å². The molecule has 0 radical (unpaired) electrons. The van der Waals surface area contributed by atoms with E-state index in [9.17, 15) is 8.42 Å². The second-order valence-corrected chi connectivity index (χ2v) is 8.72. The highest BCUT2D eigenvalue weighted by atomic mass is 32.2. The second kappa shape index (κ2) is 7.27. The Morgan fingerprint density at radius 3 is 2.48 bits per heavy atom. The third-order valence-electron chi connectivity index (χ3n) is 3.18. The lowest BCUT2D eigenvalue weighted by atomic mass is 10.1. The predicted octanol–water partition coefficient (Wildman–Crippen LogP) is 2.70. The molecule has 1 aromatic rings. The Hall–Kier alpha value is -1.07. The highest BCUT2D eigenvalue weighted by Crippen LogP contribution is 2.24. The predicted molar refractivity (Wildman–Crippen MR) is 87.6 cm³/mol. The summed E-state index contributed by atoms with van der Waals surface area (Å²) in [5, 5.41) is 3.43. The van der Waals surface area contributed by atoms with Crippen LogP contribution in [0.2, 0.25) is 0 Å². The Bertz CT molecular complexity index is 559. The Morgan fingerprint density at radius 1 is 1.24 bits per heavy atom. The van der Waals surface area contributed by atoms with E-state index < -0.39 is 9.84 Å². The maximum atomic E-state index is 11.5. The van der Waals surface area contributed by atoms with Crippen LogP contribution in [0.5, 0.6) is 5.75 Å². The van der Waals surface area contributed by atoms with Crippen molar-refractivity contribution in [2.24, 2.45) is 0 Å². The zero-order valence-electron chi connectivity index (χ0n) is 13.7. The number of rotatable bonds is 7. The van der Waals surface area contributed by atoms with Crippen LogP contribution in [-0.4, -0.2) is 32.1 Å². The van der Waals surface area contributed by atoms with E-state index in [1.807, 2.05) is 25.1 Å². The Morgan fingerprint density at radius 2 is 1.90 bits per heavy atom. The van der Waals surface area contributed by atoms with Gasteiger partial charge in [-0.25, -0.2) is 8.42 Å². The number of para-hydroxylation sites is 1. The minimum absolute atomic E-state index is 0.0204. The molecule has 21 heavy (non-hydrogen) atoms. The van der Waals surface area contributed by atoms with Gasteiger partial charge in [0.2, 0.25) is 0 Å². The Kier molecular flexibility index (Phi) is 6.23. The van der Waals surface area contributed by atoms with E-state index in [0.29, 0.717) is 6.54 Å². The molecule has 120 valence electrons. The zero-order valence-corrected chi connectivity index (χ0v) is 14.5. The fourth-order valence-corrected chi connectivity index (χ4v) is 2.46. The number of aryl methyl sites for hydroxylation is 1. The molecule has 0 aromatic heterocycles. The molecule has 0 aliphatic heterocycles. The van der Waals surface area contributed by atoms with Crippen molar-refractivity contribution in [3.63, 3.8) is 0 Å². The maximum absolute atomic E-state index is 11.5. The minimum atomic E-state index is -2.99. The van der Waals surface area contributed by atoms with Crippen molar-refractivity contribution < 1.29 is 13.2 Å². The summed E-state index contributed by atoms with van der Waals surface area (Å²) in [7, 11) is -2.99. The van der Waals surface area contributed by atoms with Gasteiger partial charge in [-0.3, -0.25) is 0 Å². The fourth-order valence-electron chi connectivity index (χ4n) is 1.83. The summed E-state index contributed by atoms with van der Waals surface area (Å²) >= 11 is 0. The number of sulfone groups is 1. The van der Waals surface area contributed by atoms with Crippen molar-refractivity contribution in [1.29, 1.82) is 0 Å². The van der Waals surface area contributed by atoms with Gasteiger partial charge in [-0.15, -0.1) is 0 Å². The molecule has 0 spiro atoms. The molecular weight excluding hydrogens is 286 g/mol. The summed E-state index contributed by atoms with van der Waals surface area (Å²) in [4.78, 5) is 0. The van der Waals surface area contributed by atoms with Crippen LogP contribution in [0.4, 0.5) is 0 Å². The summed E-state index contributed by atoms with van der Waals surface area (Å²) in [6.07, 6.45) is 0. The SMILES string of the molecule is CCS(=O)(=O)CCOc1c(C)cccc1CNC(C)(C)C. The highest BCUT2D eigenvalue weighted by molar-refractivity contribution is 7.91. The molecule has 1 rings (SSSR count). The van der Waals surface area contributed by atoms with Crippen LogP contribution in [0.1, 0.15) is 38.8 Å². The van der Waals surface area contributed by atoms with E-state index in [-0.39, 0.29) is 23.7 Å². The molecule has 0 fully saturated rings. The first kappa shape index (κ1) is 18.0. The van der Waals surface area contributed by atoms with Gasteiger partial charge in [0, 0.05) is 23.4 Å². The zero-order chi connectivity index (χ0) is 16.1. The molecule has 0 amide bonds. The van der Waals surface area contributed by atoms with Crippen LogP contribution in [0, 0.1) is 6.92 Å². The summed E-state index contributed by atoms with van der Waals surface area (Å²) in [6.45, 7) is 10.8. The fraction of sp³-hybridized carbons (Fsp3) is 0.625. The minimum Gasteiger partial charge on any atom is -0.492 e. The summed E-state index contributed by atoms with van der Waals surface area (Å²) < 4.78 is 28.8. The molecule has 0 atom stereocenters. The smallest absolute Gasteiger partial charge is 0.153 e. The van der Waals surface area contributed by atoms with Gasteiger partial charge in [0.1, 0.15) is 12.4 Å². The topological polar surface area (TPSA) is 55.4 Å². The molecule has 1 N–H and O–H groups in total. The largest absolute Gasteiger partial charge is 0.492 e. The first-order chi connectivity index (χ1) is 9.64. The van der Waals surface area contributed by atoms with Crippen LogP contribution in [0.3, 0.4) is 0 Å². The number of ether oxygens (including phenoxy) is 1. The molecule has 5 heteroatoms.